The maximum atomic E-state index is 12.7. The van der Waals surface area contributed by atoms with Crippen molar-refractivity contribution in [2.75, 3.05) is 26.2 Å². The fourth-order valence-corrected chi connectivity index (χ4v) is 3.66. The maximum Gasteiger partial charge on any atom is 0.253 e. The molecule has 134 valence electrons. The van der Waals surface area contributed by atoms with E-state index in [0.29, 0.717) is 36.9 Å². The summed E-state index contributed by atoms with van der Waals surface area (Å²) in [6.07, 6.45) is 1.79. The minimum Gasteiger partial charge on any atom is -0.340 e. The minimum absolute atomic E-state index is 0.0748. The van der Waals surface area contributed by atoms with Crippen molar-refractivity contribution in [3.63, 3.8) is 0 Å². The predicted octanol–water partition coefficient (Wildman–Crippen LogP) is 2.46. The monoisotopic (exact) mass is 369 g/mol. The van der Waals surface area contributed by atoms with Crippen LogP contribution in [0.1, 0.15) is 22.1 Å². The Morgan fingerprint density at radius 2 is 1.96 bits per heavy atom. The SMILES string of the molecule is Cc1nc(CN2CCN(C(=O)c3ccc(-c4nccs4)cc3)CC2)no1. The molecular formula is C18H19N5O2S. The molecule has 0 saturated carbocycles. The van der Waals surface area contributed by atoms with Gasteiger partial charge >= 0.3 is 0 Å². The average Bonchev–Trinajstić information content (AvgIpc) is 3.34. The van der Waals surface area contributed by atoms with Crippen molar-refractivity contribution >= 4 is 17.2 Å². The molecule has 0 atom stereocenters. The lowest BCUT2D eigenvalue weighted by molar-refractivity contribution is 0.0624. The molecule has 0 spiro atoms. The van der Waals surface area contributed by atoms with Gasteiger partial charge in [0.15, 0.2) is 5.82 Å². The number of thiazole rings is 1. The zero-order valence-electron chi connectivity index (χ0n) is 14.5. The van der Waals surface area contributed by atoms with Gasteiger partial charge in [0.2, 0.25) is 5.89 Å². The van der Waals surface area contributed by atoms with Gasteiger partial charge < -0.3 is 9.42 Å². The van der Waals surface area contributed by atoms with Crippen LogP contribution in [0.4, 0.5) is 0 Å². The van der Waals surface area contributed by atoms with E-state index in [-0.39, 0.29) is 5.91 Å². The molecule has 1 amide bonds. The van der Waals surface area contributed by atoms with E-state index in [2.05, 4.69) is 20.0 Å². The Labute approximate surface area is 155 Å². The van der Waals surface area contributed by atoms with E-state index in [0.717, 1.165) is 23.7 Å². The number of nitrogens with zero attached hydrogens (tertiary/aromatic N) is 5. The number of aromatic nitrogens is 3. The summed E-state index contributed by atoms with van der Waals surface area (Å²) in [4.78, 5) is 25.4. The topological polar surface area (TPSA) is 75.4 Å². The van der Waals surface area contributed by atoms with Gasteiger partial charge in [-0.15, -0.1) is 11.3 Å². The summed E-state index contributed by atoms with van der Waals surface area (Å²) >= 11 is 1.59. The summed E-state index contributed by atoms with van der Waals surface area (Å²) in [6.45, 7) is 5.44. The van der Waals surface area contributed by atoms with Crippen molar-refractivity contribution in [1.82, 2.24) is 24.9 Å². The first-order valence-corrected chi connectivity index (χ1v) is 9.38. The third-order valence-electron chi connectivity index (χ3n) is 4.41. The van der Waals surface area contributed by atoms with Gasteiger partial charge in [-0.3, -0.25) is 9.69 Å². The quantitative estimate of drug-likeness (QED) is 0.703. The van der Waals surface area contributed by atoms with Gasteiger partial charge in [0.05, 0.1) is 6.54 Å². The molecule has 0 bridgehead atoms. The molecule has 3 heterocycles. The molecule has 1 aromatic carbocycles. The second-order valence-corrected chi connectivity index (χ2v) is 7.11. The van der Waals surface area contributed by atoms with E-state index in [1.807, 2.05) is 34.5 Å². The van der Waals surface area contributed by atoms with E-state index in [1.165, 1.54) is 0 Å². The molecule has 1 saturated heterocycles. The fraction of sp³-hybridized carbons (Fsp3) is 0.333. The molecule has 1 aliphatic rings. The van der Waals surface area contributed by atoms with Crippen molar-refractivity contribution in [1.29, 1.82) is 0 Å². The van der Waals surface area contributed by atoms with Gasteiger partial charge in [0.1, 0.15) is 5.01 Å². The molecule has 0 radical (unpaired) electrons. The van der Waals surface area contributed by atoms with Gasteiger partial charge in [-0.05, 0) is 12.1 Å². The lowest BCUT2D eigenvalue weighted by atomic mass is 10.1. The molecule has 1 aliphatic heterocycles. The maximum absolute atomic E-state index is 12.7. The summed E-state index contributed by atoms with van der Waals surface area (Å²) in [5.41, 5.74) is 1.75. The Morgan fingerprint density at radius 3 is 2.58 bits per heavy atom. The second kappa shape index (κ2) is 7.35. The first kappa shape index (κ1) is 16.9. The highest BCUT2D eigenvalue weighted by Crippen LogP contribution is 2.22. The van der Waals surface area contributed by atoms with Crippen LogP contribution in [-0.2, 0) is 6.54 Å². The highest BCUT2D eigenvalue weighted by Gasteiger charge is 2.23. The number of rotatable bonds is 4. The van der Waals surface area contributed by atoms with Crippen LogP contribution < -0.4 is 0 Å². The number of piperazine rings is 1. The summed E-state index contributed by atoms with van der Waals surface area (Å²) in [5, 5.41) is 6.84. The number of carbonyl (C=O) groups is 1. The molecule has 2 aromatic heterocycles. The van der Waals surface area contributed by atoms with Gasteiger partial charge in [-0.1, -0.05) is 17.3 Å². The average molecular weight is 369 g/mol. The highest BCUT2D eigenvalue weighted by molar-refractivity contribution is 7.13. The van der Waals surface area contributed by atoms with Crippen LogP contribution in [-0.4, -0.2) is 57.0 Å². The molecule has 26 heavy (non-hydrogen) atoms. The lowest BCUT2D eigenvalue weighted by Gasteiger charge is -2.34. The first-order chi connectivity index (χ1) is 12.7. The zero-order chi connectivity index (χ0) is 17.9. The van der Waals surface area contributed by atoms with Crippen molar-refractivity contribution in [3.05, 3.63) is 53.1 Å². The number of hydrogen-bond donors (Lipinski definition) is 0. The van der Waals surface area contributed by atoms with Crippen molar-refractivity contribution in [2.45, 2.75) is 13.5 Å². The van der Waals surface area contributed by atoms with Crippen LogP contribution in [0.15, 0.2) is 40.4 Å². The molecule has 0 unspecified atom stereocenters. The van der Waals surface area contributed by atoms with E-state index in [4.69, 9.17) is 4.52 Å². The predicted molar refractivity (Wildman–Crippen MR) is 97.8 cm³/mol. The van der Waals surface area contributed by atoms with Gasteiger partial charge in [-0.2, -0.15) is 4.98 Å². The molecule has 0 aliphatic carbocycles. The molecule has 8 heteroatoms. The van der Waals surface area contributed by atoms with Crippen molar-refractivity contribution < 1.29 is 9.32 Å². The normalized spacial score (nSPS) is 15.3. The number of carbonyl (C=O) groups excluding carboxylic acids is 1. The smallest absolute Gasteiger partial charge is 0.253 e. The van der Waals surface area contributed by atoms with E-state index < -0.39 is 0 Å². The Kier molecular flexibility index (Phi) is 4.77. The Hall–Kier alpha value is -2.58. The van der Waals surface area contributed by atoms with Crippen LogP contribution in [0.25, 0.3) is 10.6 Å². The molecule has 7 nitrogen and oxygen atoms in total. The summed E-state index contributed by atoms with van der Waals surface area (Å²) in [6, 6.07) is 7.68. The highest BCUT2D eigenvalue weighted by atomic mass is 32.1. The van der Waals surface area contributed by atoms with Crippen LogP contribution >= 0.6 is 11.3 Å². The number of amides is 1. The van der Waals surface area contributed by atoms with Gasteiger partial charge in [0.25, 0.3) is 5.91 Å². The second-order valence-electron chi connectivity index (χ2n) is 6.21. The van der Waals surface area contributed by atoms with Crippen molar-refractivity contribution in [3.8, 4) is 10.6 Å². The number of hydrogen-bond acceptors (Lipinski definition) is 7. The summed E-state index contributed by atoms with van der Waals surface area (Å²) < 4.78 is 5.00. The van der Waals surface area contributed by atoms with Crippen LogP contribution in [0.3, 0.4) is 0 Å². The first-order valence-electron chi connectivity index (χ1n) is 8.50. The third-order valence-corrected chi connectivity index (χ3v) is 5.23. The standard InChI is InChI=1S/C18H19N5O2S/c1-13-20-16(21-25-13)12-22-7-9-23(10-8-22)18(24)15-4-2-14(3-5-15)17-19-6-11-26-17/h2-6,11H,7-10,12H2,1H3. The van der Waals surface area contributed by atoms with Crippen LogP contribution in [0.5, 0.6) is 0 Å². The molecule has 1 fully saturated rings. The van der Waals surface area contributed by atoms with E-state index in [9.17, 15) is 4.79 Å². The third kappa shape index (κ3) is 3.66. The molecule has 0 N–H and O–H groups in total. The van der Waals surface area contributed by atoms with Gasteiger partial charge in [-0.25, -0.2) is 4.98 Å². The number of aryl methyl sites for hydroxylation is 1. The Morgan fingerprint density at radius 1 is 1.19 bits per heavy atom. The summed E-state index contributed by atoms with van der Waals surface area (Å²) in [7, 11) is 0. The van der Waals surface area contributed by atoms with Gasteiger partial charge in [0, 0.05) is 55.8 Å². The van der Waals surface area contributed by atoms with Crippen LogP contribution in [0.2, 0.25) is 0 Å². The van der Waals surface area contributed by atoms with Crippen molar-refractivity contribution in [2.24, 2.45) is 0 Å². The molecular weight excluding hydrogens is 350 g/mol. The van der Waals surface area contributed by atoms with Crippen LogP contribution in [0, 0.1) is 6.92 Å². The lowest BCUT2D eigenvalue weighted by Crippen LogP contribution is -2.48. The zero-order valence-corrected chi connectivity index (χ0v) is 15.3. The molecule has 3 aromatic rings. The van der Waals surface area contributed by atoms with E-state index >= 15 is 0 Å². The Balaban J connectivity index is 1.34. The molecule has 4 rings (SSSR count). The number of benzene rings is 1. The summed E-state index contributed by atoms with van der Waals surface area (Å²) in [5.74, 6) is 1.35. The fourth-order valence-electron chi connectivity index (χ4n) is 3.02. The van der Waals surface area contributed by atoms with E-state index in [1.54, 1.807) is 24.5 Å². The largest absolute Gasteiger partial charge is 0.340 e. The minimum atomic E-state index is 0.0748. The Bertz CT molecular complexity index is 867.